The standard InChI is InChI=1S/C6H3ClF2S/c7-3-1-4(8)6(10)5(9)2-3/h1-2,10H. The molecule has 0 aliphatic rings. The Hall–Kier alpha value is -0.280. The Morgan fingerprint density at radius 1 is 1.20 bits per heavy atom. The van der Waals surface area contributed by atoms with Gasteiger partial charge in [0.2, 0.25) is 0 Å². The Morgan fingerprint density at radius 2 is 1.60 bits per heavy atom. The fraction of sp³-hybridized carbons (Fsp3) is 0. The number of benzene rings is 1. The molecule has 10 heavy (non-hydrogen) atoms. The van der Waals surface area contributed by atoms with Crippen LogP contribution in [0.2, 0.25) is 5.02 Å². The summed E-state index contributed by atoms with van der Waals surface area (Å²) < 4.78 is 24.9. The van der Waals surface area contributed by atoms with E-state index in [0.717, 1.165) is 12.1 Å². The van der Waals surface area contributed by atoms with Crippen LogP contribution < -0.4 is 0 Å². The van der Waals surface area contributed by atoms with Crippen molar-refractivity contribution in [2.45, 2.75) is 4.90 Å². The number of rotatable bonds is 0. The summed E-state index contributed by atoms with van der Waals surface area (Å²) in [6.07, 6.45) is 0. The zero-order valence-electron chi connectivity index (χ0n) is 4.74. The van der Waals surface area contributed by atoms with E-state index in [2.05, 4.69) is 12.6 Å². The highest BCUT2D eigenvalue weighted by atomic mass is 35.5. The van der Waals surface area contributed by atoms with Crippen LogP contribution in [-0.4, -0.2) is 0 Å². The minimum atomic E-state index is -0.742. The molecule has 0 saturated carbocycles. The summed E-state index contributed by atoms with van der Waals surface area (Å²) in [5.74, 6) is -1.48. The van der Waals surface area contributed by atoms with Gasteiger partial charge >= 0.3 is 0 Å². The third kappa shape index (κ3) is 1.41. The maximum Gasteiger partial charge on any atom is 0.140 e. The van der Waals surface area contributed by atoms with Gasteiger partial charge in [-0.3, -0.25) is 0 Å². The molecule has 0 aromatic heterocycles. The minimum Gasteiger partial charge on any atom is -0.206 e. The van der Waals surface area contributed by atoms with Crippen LogP contribution in [0.4, 0.5) is 8.78 Å². The van der Waals surface area contributed by atoms with Crippen LogP contribution in [-0.2, 0) is 0 Å². The molecular formula is C6H3ClF2S. The lowest BCUT2D eigenvalue weighted by atomic mass is 10.3. The zero-order chi connectivity index (χ0) is 7.72. The fourth-order valence-electron chi connectivity index (χ4n) is 0.535. The van der Waals surface area contributed by atoms with E-state index < -0.39 is 11.6 Å². The fourth-order valence-corrected chi connectivity index (χ4v) is 0.855. The number of hydrogen-bond acceptors (Lipinski definition) is 1. The number of thiol groups is 1. The van der Waals surface area contributed by atoms with Crippen LogP contribution >= 0.6 is 24.2 Å². The predicted octanol–water partition coefficient (Wildman–Crippen LogP) is 2.91. The second-order valence-electron chi connectivity index (χ2n) is 1.72. The molecule has 0 aliphatic heterocycles. The monoisotopic (exact) mass is 180 g/mol. The van der Waals surface area contributed by atoms with Gasteiger partial charge < -0.3 is 0 Å². The van der Waals surface area contributed by atoms with E-state index in [9.17, 15) is 8.78 Å². The third-order valence-electron chi connectivity index (χ3n) is 0.982. The van der Waals surface area contributed by atoms with Crippen LogP contribution in [0.3, 0.4) is 0 Å². The predicted molar refractivity (Wildman–Crippen MR) is 38.6 cm³/mol. The summed E-state index contributed by atoms with van der Waals surface area (Å²) in [7, 11) is 0. The minimum absolute atomic E-state index is 0.0350. The second kappa shape index (κ2) is 2.76. The SMILES string of the molecule is Fc1cc(Cl)cc(F)c1S. The molecule has 0 nitrogen and oxygen atoms in total. The Bertz CT molecular complexity index is 239. The topological polar surface area (TPSA) is 0 Å². The van der Waals surface area contributed by atoms with E-state index in [4.69, 9.17) is 11.6 Å². The molecule has 54 valence electrons. The van der Waals surface area contributed by atoms with Gasteiger partial charge in [0, 0.05) is 5.02 Å². The van der Waals surface area contributed by atoms with Gasteiger partial charge in [0.05, 0.1) is 4.90 Å². The van der Waals surface area contributed by atoms with E-state index >= 15 is 0 Å². The molecule has 0 saturated heterocycles. The Labute approximate surface area is 67.2 Å². The lowest BCUT2D eigenvalue weighted by molar-refractivity contribution is 0.542. The van der Waals surface area contributed by atoms with Gasteiger partial charge in [-0.2, -0.15) is 0 Å². The van der Waals surface area contributed by atoms with Gasteiger partial charge in [-0.15, -0.1) is 12.6 Å². The van der Waals surface area contributed by atoms with E-state index in [1.165, 1.54) is 0 Å². The first-order chi connectivity index (χ1) is 4.61. The zero-order valence-corrected chi connectivity index (χ0v) is 6.39. The molecule has 0 N–H and O–H groups in total. The van der Waals surface area contributed by atoms with E-state index in [-0.39, 0.29) is 9.92 Å². The summed E-state index contributed by atoms with van der Waals surface area (Å²) in [6, 6.07) is 2.01. The molecule has 0 amide bonds. The van der Waals surface area contributed by atoms with Crippen molar-refractivity contribution in [3.8, 4) is 0 Å². The summed E-state index contributed by atoms with van der Waals surface area (Å²) in [5.41, 5.74) is 0. The Balaban J connectivity index is 3.31. The highest BCUT2D eigenvalue weighted by Crippen LogP contribution is 2.21. The smallest absolute Gasteiger partial charge is 0.140 e. The Kier molecular flexibility index (Phi) is 2.16. The van der Waals surface area contributed by atoms with E-state index in [1.54, 1.807) is 0 Å². The molecule has 0 bridgehead atoms. The van der Waals surface area contributed by atoms with Gasteiger partial charge in [0.15, 0.2) is 0 Å². The average molecular weight is 181 g/mol. The van der Waals surface area contributed by atoms with E-state index in [1.807, 2.05) is 0 Å². The highest BCUT2D eigenvalue weighted by Gasteiger charge is 2.05. The lowest BCUT2D eigenvalue weighted by Crippen LogP contribution is -1.83. The van der Waals surface area contributed by atoms with Gasteiger partial charge in [-0.1, -0.05) is 11.6 Å². The summed E-state index contributed by atoms with van der Waals surface area (Å²) in [4.78, 5) is -0.301. The second-order valence-corrected chi connectivity index (χ2v) is 2.60. The van der Waals surface area contributed by atoms with Crippen LogP contribution in [0.5, 0.6) is 0 Å². The normalized spacial score (nSPS) is 10.0. The number of hydrogen-bond donors (Lipinski definition) is 1. The van der Waals surface area contributed by atoms with Crippen LogP contribution in [0, 0.1) is 11.6 Å². The first-order valence-electron chi connectivity index (χ1n) is 2.45. The molecule has 0 heterocycles. The molecule has 1 aromatic carbocycles. The first-order valence-corrected chi connectivity index (χ1v) is 3.27. The van der Waals surface area contributed by atoms with Crippen molar-refractivity contribution >= 4 is 24.2 Å². The number of halogens is 3. The van der Waals surface area contributed by atoms with Gasteiger partial charge in [-0.05, 0) is 12.1 Å². The molecule has 1 aromatic rings. The maximum absolute atomic E-state index is 12.4. The maximum atomic E-state index is 12.4. The molecular weight excluding hydrogens is 178 g/mol. The summed E-state index contributed by atoms with van der Waals surface area (Å²) in [5, 5.41) is 0.0350. The van der Waals surface area contributed by atoms with Crippen LogP contribution in [0.25, 0.3) is 0 Å². The molecule has 0 atom stereocenters. The van der Waals surface area contributed by atoms with Crippen molar-refractivity contribution in [2.75, 3.05) is 0 Å². The summed E-state index contributed by atoms with van der Waals surface area (Å²) in [6.45, 7) is 0. The van der Waals surface area contributed by atoms with Gasteiger partial charge in [0.1, 0.15) is 11.6 Å². The van der Waals surface area contributed by atoms with E-state index in [0.29, 0.717) is 0 Å². The molecule has 0 unspecified atom stereocenters. The molecule has 0 radical (unpaired) electrons. The molecule has 0 fully saturated rings. The lowest BCUT2D eigenvalue weighted by Gasteiger charge is -1.96. The average Bonchev–Trinajstić information content (AvgIpc) is 1.82. The molecule has 1 rings (SSSR count). The van der Waals surface area contributed by atoms with Crippen molar-refractivity contribution < 1.29 is 8.78 Å². The first kappa shape index (κ1) is 7.82. The van der Waals surface area contributed by atoms with Crippen LogP contribution in [0.15, 0.2) is 17.0 Å². The van der Waals surface area contributed by atoms with Gasteiger partial charge in [-0.25, -0.2) is 8.78 Å². The largest absolute Gasteiger partial charge is 0.206 e. The molecule has 0 aliphatic carbocycles. The van der Waals surface area contributed by atoms with Crippen molar-refractivity contribution in [3.05, 3.63) is 28.8 Å². The third-order valence-corrected chi connectivity index (χ3v) is 1.63. The highest BCUT2D eigenvalue weighted by molar-refractivity contribution is 7.80. The van der Waals surface area contributed by atoms with Crippen molar-refractivity contribution in [2.24, 2.45) is 0 Å². The van der Waals surface area contributed by atoms with Gasteiger partial charge in [0.25, 0.3) is 0 Å². The molecule has 0 spiro atoms. The van der Waals surface area contributed by atoms with Crippen LogP contribution in [0.1, 0.15) is 0 Å². The summed E-state index contributed by atoms with van der Waals surface area (Å²) >= 11 is 8.86. The van der Waals surface area contributed by atoms with Crippen molar-refractivity contribution in [3.63, 3.8) is 0 Å². The Morgan fingerprint density at radius 3 is 2.00 bits per heavy atom. The van der Waals surface area contributed by atoms with Crippen molar-refractivity contribution in [1.82, 2.24) is 0 Å². The van der Waals surface area contributed by atoms with Crippen molar-refractivity contribution in [1.29, 1.82) is 0 Å². The quantitative estimate of drug-likeness (QED) is 0.584. The molecule has 4 heteroatoms.